The summed E-state index contributed by atoms with van der Waals surface area (Å²) in [5.41, 5.74) is 0.690. The van der Waals surface area contributed by atoms with Crippen molar-refractivity contribution >= 4 is 35.0 Å². The van der Waals surface area contributed by atoms with Crippen molar-refractivity contribution < 1.29 is 9.59 Å². The van der Waals surface area contributed by atoms with Crippen molar-refractivity contribution in [3.05, 3.63) is 48.0 Å². The number of nitrogens with zero attached hydrogens (tertiary/aromatic N) is 1. The number of fused-ring (bicyclic) bond motifs is 2. The Morgan fingerprint density at radius 3 is 2.60 bits per heavy atom. The number of amides is 2. The van der Waals surface area contributed by atoms with Crippen molar-refractivity contribution in [1.82, 2.24) is 15.5 Å². The van der Waals surface area contributed by atoms with Crippen LogP contribution in [0.2, 0.25) is 0 Å². The van der Waals surface area contributed by atoms with Gasteiger partial charge in [0.1, 0.15) is 6.04 Å². The predicted molar refractivity (Wildman–Crippen MR) is 121 cm³/mol. The first-order valence-corrected chi connectivity index (χ1v) is 11.0. The average molecular weight is 428 g/mol. The molecule has 1 saturated carbocycles. The third-order valence-electron chi connectivity index (χ3n) is 7.03. The van der Waals surface area contributed by atoms with Gasteiger partial charge in [-0.05, 0) is 61.1 Å². The zero-order valence-corrected chi connectivity index (χ0v) is 18.0. The molecule has 2 N–H and O–H groups in total. The van der Waals surface area contributed by atoms with E-state index in [0.717, 1.165) is 56.0 Å². The van der Waals surface area contributed by atoms with Crippen LogP contribution in [0.3, 0.4) is 0 Å². The van der Waals surface area contributed by atoms with Gasteiger partial charge in [-0.2, -0.15) is 0 Å². The zero-order chi connectivity index (χ0) is 19.8. The van der Waals surface area contributed by atoms with Crippen LogP contribution < -0.4 is 10.6 Å². The Hall–Kier alpha value is -2.11. The van der Waals surface area contributed by atoms with Crippen LogP contribution in [0.25, 0.3) is 10.8 Å². The summed E-state index contributed by atoms with van der Waals surface area (Å²) in [4.78, 5) is 28.7. The van der Waals surface area contributed by atoms with E-state index in [9.17, 15) is 9.59 Å². The van der Waals surface area contributed by atoms with E-state index >= 15 is 0 Å². The highest BCUT2D eigenvalue weighted by molar-refractivity contribution is 6.01. The van der Waals surface area contributed by atoms with Gasteiger partial charge in [0.2, 0.25) is 5.91 Å². The van der Waals surface area contributed by atoms with Crippen LogP contribution in [0, 0.1) is 5.92 Å². The summed E-state index contributed by atoms with van der Waals surface area (Å²) in [5, 5.41) is 8.70. The van der Waals surface area contributed by atoms with Crippen LogP contribution >= 0.6 is 12.4 Å². The van der Waals surface area contributed by atoms with E-state index in [1.165, 1.54) is 6.42 Å². The molecule has 6 heteroatoms. The number of carbonyl (C=O) groups is 2. The molecule has 4 atom stereocenters. The summed E-state index contributed by atoms with van der Waals surface area (Å²) in [6, 6.07) is 14.0. The van der Waals surface area contributed by atoms with E-state index in [0.29, 0.717) is 11.5 Å². The first kappa shape index (κ1) is 21.1. The van der Waals surface area contributed by atoms with Crippen LogP contribution in [0.15, 0.2) is 42.5 Å². The Kier molecular flexibility index (Phi) is 6.30. The molecule has 0 aromatic heterocycles. The lowest BCUT2D eigenvalue weighted by Gasteiger charge is -2.34. The minimum atomic E-state index is -0.345. The number of hydrogen-bond acceptors (Lipinski definition) is 3. The van der Waals surface area contributed by atoms with Gasteiger partial charge in [0.25, 0.3) is 5.91 Å². The Labute approximate surface area is 184 Å². The monoisotopic (exact) mass is 427 g/mol. The number of benzene rings is 2. The number of carbonyl (C=O) groups excluding carboxylic acids is 2. The molecule has 5 nitrogen and oxygen atoms in total. The van der Waals surface area contributed by atoms with Gasteiger partial charge in [-0.3, -0.25) is 9.59 Å². The van der Waals surface area contributed by atoms with E-state index in [4.69, 9.17) is 0 Å². The van der Waals surface area contributed by atoms with Crippen LogP contribution in [-0.2, 0) is 4.79 Å². The first-order valence-electron chi connectivity index (χ1n) is 11.0. The van der Waals surface area contributed by atoms with Crippen LogP contribution in [0.1, 0.15) is 48.9 Å². The zero-order valence-electron chi connectivity index (χ0n) is 17.2. The van der Waals surface area contributed by atoms with E-state index in [1.54, 1.807) is 0 Å². The normalized spacial score (nSPS) is 28.1. The van der Waals surface area contributed by atoms with Crippen molar-refractivity contribution in [3.8, 4) is 0 Å². The summed E-state index contributed by atoms with van der Waals surface area (Å²) in [5.74, 6) is 0.489. The van der Waals surface area contributed by atoms with Crippen molar-refractivity contribution in [1.29, 1.82) is 0 Å². The number of rotatable bonds is 3. The highest BCUT2D eigenvalue weighted by atomic mass is 35.5. The van der Waals surface area contributed by atoms with Gasteiger partial charge in [-0.25, -0.2) is 0 Å². The van der Waals surface area contributed by atoms with Crippen LogP contribution in [0.5, 0.6) is 0 Å². The largest absolute Gasteiger partial charge is 0.350 e. The van der Waals surface area contributed by atoms with Gasteiger partial charge in [0.15, 0.2) is 0 Å². The Morgan fingerprint density at radius 1 is 1.00 bits per heavy atom. The molecule has 1 aliphatic carbocycles. The standard InChI is InChI=1S/C24H29N3O2.ClH/c28-23(26-20-11-12-25-15-20)22-14-18-7-3-4-8-21(18)27(22)24(29)19-10-9-16-5-1-2-6-17(16)13-19;/h1-2,5-6,9-10,13,18,20-22,25H,3-4,7-8,11-12,14-15H2,(H,26,28);1H. The SMILES string of the molecule is Cl.O=C(NC1CCNC1)C1CC2CCCCC2N1C(=O)c1ccc2ccccc2c1. The lowest BCUT2D eigenvalue weighted by Crippen LogP contribution is -2.51. The summed E-state index contributed by atoms with van der Waals surface area (Å²) in [6.45, 7) is 1.77. The number of halogens is 1. The van der Waals surface area contributed by atoms with Gasteiger partial charge in [0.05, 0.1) is 0 Å². The van der Waals surface area contributed by atoms with Crippen molar-refractivity contribution in [3.63, 3.8) is 0 Å². The molecule has 3 aliphatic rings. The summed E-state index contributed by atoms with van der Waals surface area (Å²) >= 11 is 0. The molecule has 3 fully saturated rings. The molecule has 2 aromatic carbocycles. The molecule has 2 aliphatic heterocycles. The fourth-order valence-electron chi connectivity index (χ4n) is 5.53. The topological polar surface area (TPSA) is 61.4 Å². The molecule has 0 radical (unpaired) electrons. The molecule has 160 valence electrons. The highest BCUT2D eigenvalue weighted by Crippen LogP contribution is 2.40. The molecule has 0 bridgehead atoms. The molecular weight excluding hydrogens is 398 g/mol. The molecule has 2 heterocycles. The Morgan fingerprint density at radius 2 is 1.80 bits per heavy atom. The smallest absolute Gasteiger partial charge is 0.254 e. The molecule has 2 amide bonds. The van der Waals surface area contributed by atoms with Crippen LogP contribution in [-0.4, -0.2) is 47.9 Å². The minimum Gasteiger partial charge on any atom is -0.350 e. The third kappa shape index (κ3) is 3.93. The second kappa shape index (κ2) is 8.94. The van der Waals surface area contributed by atoms with Gasteiger partial charge in [-0.1, -0.05) is 43.2 Å². The molecular formula is C24H30ClN3O2. The van der Waals surface area contributed by atoms with Crippen LogP contribution in [0.4, 0.5) is 0 Å². The molecule has 4 unspecified atom stereocenters. The van der Waals surface area contributed by atoms with Gasteiger partial charge < -0.3 is 15.5 Å². The maximum atomic E-state index is 13.6. The molecule has 5 rings (SSSR count). The third-order valence-corrected chi connectivity index (χ3v) is 7.03. The van der Waals surface area contributed by atoms with E-state index in [2.05, 4.69) is 16.7 Å². The van der Waals surface area contributed by atoms with E-state index in [1.807, 2.05) is 41.3 Å². The lowest BCUT2D eigenvalue weighted by molar-refractivity contribution is -0.125. The van der Waals surface area contributed by atoms with E-state index in [-0.39, 0.29) is 42.3 Å². The molecule has 2 aromatic rings. The van der Waals surface area contributed by atoms with Gasteiger partial charge in [-0.15, -0.1) is 12.4 Å². The second-order valence-electron chi connectivity index (χ2n) is 8.84. The van der Waals surface area contributed by atoms with Crippen molar-refractivity contribution in [2.75, 3.05) is 13.1 Å². The predicted octanol–water partition coefficient (Wildman–Crippen LogP) is 3.51. The number of likely N-dealkylation sites (tertiary alicyclic amines) is 1. The second-order valence-corrected chi connectivity index (χ2v) is 8.84. The quantitative estimate of drug-likeness (QED) is 0.787. The maximum absolute atomic E-state index is 13.6. The Balaban J connectivity index is 0.00000218. The first-order chi connectivity index (χ1) is 14.2. The van der Waals surface area contributed by atoms with E-state index < -0.39 is 0 Å². The fraction of sp³-hybridized carbons (Fsp3) is 0.500. The van der Waals surface area contributed by atoms with Crippen molar-refractivity contribution in [2.45, 2.75) is 56.7 Å². The fourth-order valence-corrected chi connectivity index (χ4v) is 5.53. The van der Waals surface area contributed by atoms with Crippen molar-refractivity contribution in [2.24, 2.45) is 5.92 Å². The molecule has 2 saturated heterocycles. The maximum Gasteiger partial charge on any atom is 0.254 e. The number of nitrogens with one attached hydrogen (secondary N) is 2. The minimum absolute atomic E-state index is 0. The van der Waals surface area contributed by atoms with Gasteiger partial charge >= 0.3 is 0 Å². The Bertz CT molecular complexity index is 928. The molecule has 0 spiro atoms. The summed E-state index contributed by atoms with van der Waals surface area (Å²) < 4.78 is 0. The summed E-state index contributed by atoms with van der Waals surface area (Å²) in [6.07, 6.45) is 6.25. The highest BCUT2D eigenvalue weighted by Gasteiger charge is 2.47. The summed E-state index contributed by atoms with van der Waals surface area (Å²) in [7, 11) is 0. The average Bonchev–Trinajstić information content (AvgIpc) is 3.40. The van der Waals surface area contributed by atoms with Gasteiger partial charge in [0, 0.05) is 24.2 Å². The molecule has 30 heavy (non-hydrogen) atoms. The lowest BCUT2D eigenvalue weighted by atomic mass is 9.84. The number of hydrogen-bond donors (Lipinski definition) is 2.